The zero-order chi connectivity index (χ0) is 29.1. The van der Waals surface area contributed by atoms with Gasteiger partial charge in [-0.1, -0.05) is 6.07 Å². The number of nitrogens with zero attached hydrogens (tertiary/aromatic N) is 5. The standard InChI is InChI=1S/C32H30N6O3S/c1-31(2,3)41-30(40)38-17-32(18-38)15-37(16-32)29(39)21-5-7-24(34-14-21)20-4-8-25-23(12-20)26(10-11-33-25)36-22-6-9-28-27(13-22)35-19-42-28/h4-14,19H,15-18H2,1-3H3,(H,33,36). The summed E-state index contributed by atoms with van der Waals surface area (Å²) < 4.78 is 6.60. The second-order valence-corrected chi connectivity index (χ2v) is 13.1. The molecule has 2 aliphatic heterocycles. The number of carbonyl (C=O) groups excluding carboxylic acids is 2. The van der Waals surface area contributed by atoms with Gasteiger partial charge in [-0.2, -0.15) is 0 Å². The molecule has 2 amide bonds. The molecule has 2 fully saturated rings. The minimum atomic E-state index is -0.513. The van der Waals surface area contributed by atoms with Crippen molar-refractivity contribution < 1.29 is 14.3 Å². The number of likely N-dealkylation sites (tertiary alicyclic amines) is 2. The number of amides is 2. The van der Waals surface area contributed by atoms with E-state index in [1.807, 2.05) is 67.6 Å². The topological polar surface area (TPSA) is 101 Å². The van der Waals surface area contributed by atoms with Crippen molar-refractivity contribution in [3.63, 3.8) is 0 Å². The number of carbonyl (C=O) groups is 2. The number of thiazole rings is 1. The van der Waals surface area contributed by atoms with E-state index >= 15 is 0 Å². The molecule has 212 valence electrons. The van der Waals surface area contributed by atoms with E-state index in [1.54, 1.807) is 28.6 Å². The summed E-state index contributed by atoms with van der Waals surface area (Å²) in [6.45, 7) is 8.10. The van der Waals surface area contributed by atoms with E-state index in [0.717, 1.165) is 43.8 Å². The highest BCUT2D eigenvalue weighted by atomic mass is 32.1. The van der Waals surface area contributed by atoms with Gasteiger partial charge >= 0.3 is 6.09 Å². The van der Waals surface area contributed by atoms with Crippen LogP contribution in [-0.4, -0.2) is 68.5 Å². The third-order valence-electron chi connectivity index (χ3n) is 7.70. The number of hydrogen-bond acceptors (Lipinski definition) is 8. The molecule has 1 spiro atoms. The molecule has 0 aliphatic carbocycles. The lowest BCUT2D eigenvalue weighted by Crippen LogP contribution is -2.73. The van der Waals surface area contributed by atoms with Gasteiger partial charge in [-0.3, -0.25) is 14.8 Å². The lowest BCUT2D eigenvalue weighted by atomic mass is 9.73. The highest BCUT2D eigenvalue weighted by molar-refractivity contribution is 7.16. The summed E-state index contributed by atoms with van der Waals surface area (Å²) in [5.74, 6) is -0.0401. The van der Waals surface area contributed by atoms with Crippen molar-refractivity contribution in [3.05, 3.63) is 78.1 Å². The predicted octanol–water partition coefficient (Wildman–Crippen LogP) is 6.34. The number of nitrogens with one attached hydrogen (secondary N) is 1. The van der Waals surface area contributed by atoms with E-state index < -0.39 is 5.60 Å². The molecule has 0 radical (unpaired) electrons. The van der Waals surface area contributed by atoms with Gasteiger partial charge in [-0.25, -0.2) is 9.78 Å². The SMILES string of the molecule is CC(C)(C)OC(=O)N1CC2(C1)CN(C(=O)c1ccc(-c3ccc4nccc(Nc5ccc6scnc6c5)c4c3)nc1)C2. The number of aromatic nitrogens is 3. The third kappa shape index (κ3) is 4.92. The van der Waals surface area contributed by atoms with E-state index in [4.69, 9.17) is 4.74 Å². The third-order valence-corrected chi connectivity index (χ3v) is 8.51. The van der Waals surface area contributed by atoms with Gasteiger partial charge in [0.25, 0.3) is 5.91 Å². The molecule has 0 saturated carbocycles. The van der Waals surface area contributed by atoms with Crippen molar-refractivity contribution in [1.82, 2.24) is 24.8 Å². The van der Waals surface area contributed by atoms with Crippen LogP contribution in [0.5, 0.6) is 0 Å². The lowest BCUT2D eigenvalue weighted by molar-refractivity contribution is -0.0980. The smallest absolute Gasteiger partial charge is 0.410 e. The van der Waals surface area contributed by atoms with Crippen LogP contribution in [0.2, 0.25) is 0 Å². The number of hydrogen-bond donors (Lipinski definition) is 1. The Morgan fingerprint density at radius 2 is 1.71 bits per heavy atom. The molecule has 9 nitrogen and oxygen atoms in total. The van der Waals surface area contributed by atoms with Crippen LogP contribution >= 0.6 is 11.3 Å². The Bertz CT molecular complexity index is 1830. The van der Waals surface area contributed by atoms with E-state index in [-0.39, 0.29) is 17.4 Å². The van der Waals surface area contributed by atoms with Gasteiger partial charge < -0.3 is 19.9 Å². The van der Waals surface area contributed by atoms with Crippen molar-refractivity contribution in [3.8, 4) is 11.3 Å². The normalized spacial score (nSPS) is 15.9. The van der Waals surface area contributed by atoms with Crippen molar-refractivity contribution in [2.45, 2.75) is 26.4 Å². The van der Waals surface area contributed by atoms with Crippen molar-refractivity contribution >= 4 is 55.8 Å². The Labute approximate surface area is 247 Å². The van der Waals surface area contributed by atoms with Gasteiger partial charge in [-0.05, 0) is 69.3 Å². The van der Waals surface area contributed by atoms with Crippen molar-refractivity contribution in [1.29, 1.82) is 0 Å². The summed E-state index contributed by atoms with van der Waals surface area (Å²) in [6.07, 6.45) is 3.15. The van der Waals surface area contributed by atoms with E-state index in [1.165, 1.54) is 0 Å². The van der Waals surface area contributed by atoms with Crippen LogP contribution in [0.15, 0.2) is 72.5 Å². The van der Waals surface area contributed by atoms with Crippen LogP contribution in [0.1, 0.15) is 31.1 Å². The first kappa shape index (κ1) is 26.3. The van der Waals surface area contributed by atoms with Gasteiger partial charge in [-0.15, -0.1) is 11.3 Å². The second kappa shape index (κ2) is 9.77. The molecule has 1 N–H and O–H groups in total. The number of ether oxygens (including phenoxy) is 1. The molecule has 10 heteroatoms. The lowest BCUT2D eigenvalue weighted by Gasteiger charge is -2.59. The van der Waals surface area contributed by atoms with Gasteiger partial charge in [0, 0.05) is 66.3 Å². The Morgan fingerprint density at radius 1 is 0.905 bits per heavy atom. The van der Waals surface area contributed by atoms with Crippen LogP contribution in [-0.2, 0) is 4.74 Å². The largest absolute Gasteiger partial charge is 0.444 e. The average Bonchev–Trinajstić information content (AvgIpc) is 3.38. The summed E-state index contributed by atoms with van der Waals surface area (Å²) in [5, 5.41) is 4.49. The molecule has 0 bridgehead atoms. The highest BCUT2D eigenvalue weighted by Gasteiger charge is 2.55. The quantitative estimate of drug-likeness (QED) is 0.265. The predicted molar refractivity (Wildman–Crippen MR) is 164 cm³/mol. The monoisotopic (exact) mass is 578 g/mol. The average molecular weight is 579 g/mol. The van der Waals surface area contributed by atoms with Gasteiger partial charge in [0.1, 0.15) is 5.60 Å². The van der Waals surface area contributed by atoms with Crippen LogP contribution < -0.4 is 5.32 Å². The summed E-state index contributed by atoms with van der Waals surface area (Å²) in [6, 6.07) is 17.9. The Kier molecular flexibility index (Phi) is 6.12. The number of fused-ring (bicyclic) bond motifs is 2. The Hall–Kier alpha value is -4.57. The maximum atomic E-state index is 13.1. The zero-order valence-electron chi connectivity index (χ0n) is 23.6. The molecule has 5 aromatic rings. The summed E-state index contributed by atoms with van der Waals surface area (Å²) in [4.78, 5) is 42.5. The summed E-state index contributed by atoms with van der Waals surface area (Å²) >= 11 is 1.62. The number of rotatable bonds is 4. The zero-order valence-corrected chi connectivity index (χ0v) is 24.4. The number of benzene rings is 2. The fourth-order valence-electron chi connectivity index (χ4n) is 5.71. The maximum Gasteiger partial charge on any atom is 0.410 e. The second-order valence-electron chi connectivity index (χ2n) is 12.2. The molecule has 42 heavy (non-hydrogen) atoms. The fourth-order valence-corrected chi connectivity index (χ4v) is 6.36. The molecule has 2 saturated heterocycles. The van der Waals surface area contributed by atoms with Crippen molar-refractivity contribution in [2.24, 2.45) is 5.41 Å². The van der Waals surface area contributed by atoms with Gasteiger partial charge in [0.15, 0.2) is 0 Å². The van der Waals surface area contributed by atoms with Crippen LogP contribution in [0.25, 0.3) is 32.4 Å². The molecule has 2 aromatic carbocycles. The Morgan fingerprint density at radius 3 is 2.48 bits per heavy atom. The molecule has 0 unspecified atom stereocenters. The minimum absolute atomic E-state index is 0.0171. The van der Waals surface area contributed by atoms with E-state index in [0.29, 0.717) is 31.7 Å². The molecule has 7 rings (SSSR count). The molecule has 5 heterocycles. The minimum Gasteiger partial charge on any atom is -0.444 e. The number of anilines is 2. The fraction of sp³-hybridized carbons (Fsp3) is 0.281. The first-order chi connectivity index (χ1) is 20.1. The van der Waals surface area contributed by atoms with Crippen LogP contribution in [0.3, 0.4) is 0 Å². The van der Waals surface area contributed by atoms with E-state index in [2.05, 4.69) is 38.5 Å². The van der Waals surface area contributed by atoms with Crippen molar-refractivity contribution in [2.75, 3.05) is 31.5 Å². The first-order valence-electron chi connectivity index (χ1n) is 13.9. The molecule has 2 aliphatic rings. The summed E-state index contributed by atoms with van der Waals surface area (Å²) in [5.41, 5.74) is 7.33. The highest BCUT2D eigenvalue weighted by Crippen LogP contribution is 2.41. The number of pyridine rings is 2. The maximum absolute atomic E-state index is 13.1. The first-order valence-corrected chi connectivity index (χ1v) is 14.8. The van der Waals surface area contributed by atoms with Crippen LogP contribution in [0, 0.1) is 5.41 Å². The Balaban J connectivity index is 1.03. The molecule has 3 aromatic heterocycles. The van der Waals surface area contributed by atoms with Gasteiger partial charge in [0.2, 0.25) is 0 Å². The van der Waals surface area contributed by atoms with E-state index in [9.17, 15) is 9.59 Å². The molecular formula is C32H30N6O3S. The summed E-state index contributed by atoms with van der Waals surface area (Å²) in [7, 11) is 0. The molecular weight excluding hydrogens is 548 g/mol. The van der Waals surface area contributed by atoms with Crippen LogP contribution in [0.4, 0.5) is 16.2 Å². The molecule has 0 atom stereocenters. The van der Waals surface area contributed by atoms with Gasteiger partial charge in [0.05, 0.1) is 32.5 Å².